The molecular weight excluding hydrogens is 276 g/mol. The van der Waals surface area contributed by atoms with Gasteiger partial charge in [-0.2, -0.15) is 5.10 Å². The van der Waals surface area contributed by atoms with E-state index in [-0.39, 0.29) is 12.1 Å². The molecule has 0 bridgehead atoms. The average molecular weight is 296 g/mol. The molecule has 0 saturated carbocycles. The van der Waals surface area contributed by atoms with E-state index in [0.29, 0.717) is 13.1 Å². The van der Waals surface area contributed by atoms with Crippen LogP contribution in [0.3, 0.4) is 0 Å². The Morgan fingerprint density at radius 1 is 1.36 bits per heavy atom. The highest BCUT2D eigenvalue weighted by Gasteiger charge is 2.11. The molecule has 0 radical (unpaired) electrons. The van der Waals surface area contributed by atoms with Gasteiger partial charge in [0.25, 0.3) is 0 Å². The summed E-state index contributed by atoms with van der Waals surface area (Å²) in [6, 6.07) is 9.79. The van der Waals surface area contributed by atoms with Gasteiger partial charge in [0, 0.05) is 11.8 Å². The third kappa shape index (κ3) is 4.67. The number of nitrogens with zero attached hydrogens (tertiary/aromatic N) is 2. The Morgan fingerprint density at radius 2 is 2.14 bits per heavy atom. The Balaban J connectivity index is 1.89. The summed E-state index contributed by atoms with van der Waals surface area (Å²) in [6.45, 7) is 4.73. The molecule has 0 unspecified atom stereocenters. The minimum absolute atomic E-state index is 0.112. The van der Waals surface area contributed by atoms with Gasteiger partial charge in [-0.15, -0.1) is 5.92 Å². The molecule has 0 aliphatic carbocycles. The van der Waals surface area contributed by atoms with Crippen molar-refractivity contribution in [2.24, 2.45) is 0 Å². The van der Waals surface area contributed by atoms with E-state index in [1.807, 2.05) is 36.0 Å². The van der Waals surface area contributed by atoms with Crippen molar-refractivity contribution in [3.05, 3.63) is 53.9 Å². The second-order valence-electron chi connectivity index (χ2n) is 4.93. The summed E-state index contributed by atoms with van der Waals surface area (Å²) in [7, 11) is 0. The maximum atomic E-state index is 11.7. The van der Waals surface area contributed by atoms with Crippen molar-refractivity contribution in [3.63, 3.8) is 0 Å². The van der Waals surface area contributed by atoms with Gasteiger partial charge in [-0.25, -0.2) is 4.79 Å². The number of aromatic nitrogens is 2. The summed E-state index contributed by atoms with van der Waals surface area (Å²) in [5.74, 6) is 5.51. The topological polar surface area (TPSA) is 59.0 Å². The van der Waals surface area contributed by atoms with Crippen LogP contribution < -0.4 is 10.6 Å². The molecule has 22 heavy (non-hydrogen) atoms. The molecule has 1 aromatic carbocycles. The van der Waals surface area contributed by atoms with Crippen molar-refractivity contribution in [1.29, 1.82) is 0 Å². The zero-order valence-electron chi connectivity index (χ0n) is 12.8. The Kier molecular flexibility index (Phi) is 5.61. The van der Waals surface area contributed by atoms with E-state index in [2.05, 4.69) is 39.7 Å². The standard InChI is InChI=1S/C17H20N4O/c1-3-4-10-18-17(22)20-14(2)16-11-19-21(13-16)12-15-8-6-5-7-9-15/h5-9,11,13-14H,10,12H2,1-2H3,(H2,18,20,22)/t14-/m0/s1. The maximum absolute atomic E-state index is 11.7. The first-order chi connectivity index (χ1) is 10.7. The van der Waals surface area contributed by atoms with Crippen LogP contribution in [0.25, 0.3) is 0 Å². The molecule has 2 N–H and O–H groups in total. The zero-order valence-corrected chi connectivity index (χ0v) is 12.8. The van der Waals surface area contributed by atoms with Gasteiger partial charge in [-0.3, -0.25) is 4.68 Å². The lowest BCUT2D eigenvalue weighted by atomic mass is 10.2. The van der Waals surface area contributed by atoms with Gasteiger partial charge in [0.05, 0.1) is 25.3 Å². The molecular formula is C17H20N4O. The monoisotopic (exact) mass is 296 g/mol. The van der Waals surface area contributed by atoms with E-state index < -0.39 is 0 Å². The molecule has 5 heteroatoms. The Hall–Kier alpha value is -2.74. The zero-order chi connectivity index (χ0) is 15.8. The van der Waals surface area contributed by atoms with Gasteiger partial charge < -0.3 is 10.6 Å². The fourth-order valence-electron chi connectivity index (χ4n) is 2.00. The van der Waals surface area contributed by atoms with Gasteiger partial charge in [-0.05, 0) is 19.4 Å². The van der Waals surface area contributed by atoms with Crippen LogP contribution in [0.15, 0.2) is 42.7 Å². The summed E-state index contributed by atoms with van der Waals surface area (Å²) < 4.78 is 1.86. The van der Waals surface area contributed by atoms with Crippen LogP contribution >= 0.6 is 0 Å². The van der Waals surface area contributed by atoms with E-state index in [9.17, 15) is 4.79 Å². The quantitative estimate of drug-likeness (QED) is 0.832. The molecule has 2 aromatic rings. The van der Waals surface area contributed by atoms with Gasteiger partial charge in [0.15, 0.2) is 0 Å². The normalized spacial score (nSPS) is 11.2. The first kappa shape index (κ1) is 15.6. The molecule has 2 rings (SSSR count). The minimum Gasteiger partial charge on any atom is -0.332 e. The fourth-order valence-corrected chi connectivity index (χ4v) is 2.00. The highest BCUT2D eigenvalue weighted by molar-refractivity contribution is 5.74. The van der Waals surface area contributed by atoms with E-state index in [1.165, 1.54) is 5.56 Å². The number of hydrogen-bond donors (Lipinski definition) is 2. The number of urea groups is 1. The Bertz CT molecular complexity index is 667. The van der Waals surface area contributed by atoms with Crippen molar-refractivity contribution in [1.82, 2.24) is 20.4 Å². The highest BCUT2D eigenvalue weighted by Crippen LogP contribution is 2.11. The number of carbonyl (C=O) groups excluding carboxylic acids is 1. The van der Waals surface area contributed by atoms with Crippen LogP contribution in [-0.4, -0.2) is 22.4 Å². The average Bonchev–Trinajstić information content (AvgIpc) is 2.97. The summed E-state index contributed by atoms with van der Waals surface area (Å²) in [4.78, 5) is 11.7. The SMILES string of the molecule is CC#CCNC(=O)N[C@@H](C)c1cnn(Cc2ccccc2)c1. The smallest absolute Gasteiger partial charge is 0.316 e. The van der Waals surface area contributed by atoms with E-state index in [1.54, 1.807) is 13.1 Å². The molecule has 1 aromatic heterocycles. The number of nitrogens with one attached hydrogen (secondary N) is 2. The summed E-state index contributed by atoms with van der Waals surface area (Å²) >= 11 is 0. The summed E-state index contributed by atoms with van der Waals surface area (Å²) in [5.41, 5.74) is 2.15. The van der Waals surface area contributed by atoms with Crippen LogP contribution in [0.2, 0.25) is 0 Å². The van der Waals surface area contributed by atoms with Crippen LogP contribution in [0.1, 0.15) is 31.0 Å². The van der Waals surface area contributed by atoms with Crippen molar-refractivity contribution < 1.29 is 4.79 Å². The summed E-state index contributed by atoms with van der Waals surface area (Å²) in [6.07, 6.45) is 3.73. The van der Waals surface area contributed by atoms with Gasteiger partial charge >= 0.3 is 6.03 Å². The maximum Gasteiger partial charge on any atom is 0.316 e. The molecule has 0 spiro atoms. The number of amides is 2. The number of benzene rings is 1. The minimum atomic E-state index is -0.231. The Labute approximate surface area is 130 Å². The highest BCUT2D eigenvalue weighted by atomic mass is 16.2. The first-order valence-electron chi connectivity index (χ1n) is 7.19. The molecule has 114 valence electrons. The molecule has 0 saturated heterocycles. The lowest BCUT2D eigenvalue weighted by molar-refractivity contribution is 0.239. The predicted molar refractivity (Wildman–Crippen MR) is 86.2 cm³/mol. The lowest BCUT2D eigenvalue weighted by Crippen LogP contribution is -2.37. The predicted octanol–water partition coefficient (Wildman–Crippen LogP) is 2.31. The largest absolute Gasteiger partial charge is 0.332 e. The van der Waals surface area contributed by atoms with Crippen LogP contribution in [0, 0.1) is 11.8 Å². The molecule has 5 nitrogen and oxygen atoms in total. The lowest BCUT2D eigenvalue weighted by Gasteiger charge is -2.12. The first-order valence-corrected chi connectivity index (χ1v) is 7.19. The molecule has 1 atom stereocenters. The van der Waals surface area contributed by atoms with Gasteiger partial charge in [0.2, 0.25) is 0 Å². The van der Waals surface area contributed by atoms with Crippen molar-refractivity contribution in [2.45, 2.75) is 26.4 Å². The van der Waals surface area contributed by atoms with E-state index in [4.69, 9.17) is 0 Å². The number of rotatable bonds is 5. The molecule has 2 amide bonds. The fraction of sp³-hybridized carbons (Fsp3) is 0.294. The van der Waals surface area contributed by atoms with Gasteiger partial charge in [-0.1, -0.05) is 36.3 Å². The number of hydrogen-bond acceptors (Lipinski definition) is 2. The molecule has 0 aliphatic heterocycles. The van der Waals surface area contributed by atoms with Crippen LogP contribution in [0.4, 0.5) is 4.79 Å². The molecule has 0 aliphatic rings. The van der Waals surface area contributed by atoms with E-state index >= 15 is 0 Å². The number of carbonyl (C=O) groups is 1. The van der Waals surface area contributed by atoms with Crippen molar-refractivity contribution in [3.8, 4) is 11.8 Å². The summed E-state index contributed by atoms with van der Waals surface area (Å²) in [5, 5.41) is 9.88. The van der Waals surface area contributed by atoms with Crippen LogP contribution in [-0.2, 0) is 6.54 Å². The third-order valence-corrected chi connectivity index (χ3v) is 3.20. The molecule has 1 heterocycles. The van der Waals surface area contributed by atoms with Crippen LogP contribution in [0.5, 0.6) is 0 Å². The van der Waals surface area contributed by atoms with Crippen molar-refractivity contribution >= 4 is 6.03 Å². The second kappa shape index (κ2) is 7.89. The Morgan fingerprint density at radius 3 is 2.86 bits per heavy atom. The third-order valence-electron chi connectivity index (χ3n) is 3.20. The van der Waals surface area contributed by atoms with E-state index in [0.717, 1.165) is 5.56 Å². The van der Waals surface area contributed by atoms with Gasteiger partial charge in [0.1, 0.15) is 0 Å². The molecule has 0 fully saturated rings. The van der Waals surface area contributed by atoms with Crippen molar-refractivity contribution in [2.75, 3.05) is 6.54 Å². The second-order valence-corrected chi connectivity index (χ2v) is 4.93.